The van der Waals surface area contributed by atoms with Crippen LogP contribution in [-0.4, -0.2) is 59.5 Å². The van der Waals surface area contributed by atoms with Crippen molar-refractivity contribution in [1.82, 2.24) is 9.80 Å². The Morgan fingerprint density at radius 1 is 1.09 bits per heavy atom. The smallest absolute Gasteiger partial charge is 0.248 e. The number of hydrogen-bond acceptors (Lipinski definition) is 3. The van der Waals surface area contributed by atoms with Crippen LogP contribution in [0.2, 0.25) is 0 Å². The molecule has 1 saturated carbocycles. The van der Waals surface area contributed by atoms with Crippen molar-refractivity contribution in [2.75, 3.05) is 32.8 Å². The summed E-state index contributed by atoms with van der Waals surface area (Å²) in [6.45, 7) is 0.972. The van der Waals surface area contributed by atoms with Gasteiger partial charge in [0.1, 0.15) is 18.2 Å². The highest BCUT2D eigenvalue weighted by molar-refractivity contribution is 5.83. The zero-order valence-corrected chi connectivity index (χ0v) is 12.5. The molecule has 1 aromatic rings. The lowest BCUT2D eigenvalue weighted by atomic mass is 10.1. The molecule has 1 heterocycles. The first-order valence-electron chi connectivity index (χ1n) is 7.64. The molecule has 124 valence electrons. The molecule has 2 atom stereocenters. The summed E-state index contributed by atoms with van der Waals surface area (Å²) in [6, 6.07) is 3.72. The third kappa shape index (κ3) is 3.06. The van der Waals surface area contributed by atoms with Crippen LogP contribution in [0.3, 0.4) is 0 Å². The molecule has 23 heavy (non-hydrogen) atoms. The lowest BCUT2D eigenvalue weighted by molar-refractivity contribution is -0.141. The minimum atomic E-state index is -0.608. The summed E-state index contributed by atoms with van der Waals surface area (Å²) in [5, 5.41) is 8.83. The number of carbonyl (C=O) groups excluding carboxylic acids is 2. The number of piperazine rings is 1. The van der Waals surface area contributed by atoms with E-state index >= 15 is 0 Å². The van der Waals surface area contributed by atoms with Gasteiger partial charge in [0.25, 0.3) is 0 Å². The summed E-state index contributed by atoms with van der Waals surface area (Å²) in [4.78, 5) is 27.0. The van der Waals surface area contributed by atoms with E-state index in [-0.39, 0.29) is 23.3 Å². The predicted octanol–water partition coefficient (Wildman–Crippen LogP) is 0.731. The number of aliphatic hydroxyl groups excluding tert-OH is 1. The van der Waals surface area contributed by atoms with E-state index < -0.39 is 24.2 Å². The van der Waals surface area contributed by atoms with Gasteiger partial charge in [-0.3, -0.25) is 9.59 Å². The highest BCUT2D eigenvalue weighted by atomic mass is 19.1. The maximum absolute atomic E-state index is 13.8. The van der Waals surface area contributed by atoms with Crippen molar-refractivity contribution in [3.63, 3.8) is 0 Å². The van der Waals surface area contributed by atoms with E-state index in [0.717, 1.165) is 0 Å². The third-order valence-corrected chi connectivity index (χ3v) is 4.56. The summed E-state index contributed by atoms with van der Waals surface area (Å²) in [7, 11) is 0. The van der Waals surface area contributed by atoms with Crippen molar-refractivity contribution in [2.45, 2.75) is 12.3 Å². The van der Waals surface area contributed by atoms with Crippen molar-refractivity contribution in [3.05, 3.63) is 35.4 Å². The fraction of sp³-hybridized carbons (Fsp3) is 0.500. The van der Waals surface area contributed by atoms with E-state index in [1.165, 1.54) is 23.1 Å². The molecule has 1 saturated heterocycles. The number of benzene rings is 1. The van der Waals surface area contributed by atoms with Gasteiger partial charge in [-0.1, -0.05) is 6.07 Å². The van der Waals surface area contributed by atoms with Crippen LogP contribution >= 0.6 is 0 Å². The Morgan fingerprint density at radius 3 is 2.22 bits per heavy atom. The van der Waals surface area contributed by atoms with Crippen LogP contribution in [0.5, 0.6) is 0 Å². The van der Waals surface area contributed by atoms with Crippen molar-refractivity contribution in [3.8, 4) is 0 Å². The minimum Gasteiger partial charge on any atom is -0.387 e. The maximum Gasteiger partial charge on any atom is 0.248 e. The molecule has 1 aliphatic heterocycles. The average molecular weight is 324 g/mol. The van der Waals surface area contributed by atoms with Crippen molar-refractivity contribution >= 4 is 11.8 Å². The molecule has 1 aromatic carbocycles. The second-order valence-electron chi connectivity index (χ2n) is 5.95. The number of amides is 2. The molecule has 2 amide bonds. The Bertz CT molecular complexity index is 610. The number of aliphatic hydroxyl groups is 1. The highest BCUT2D eigenvalue weighted by Gasteiger charge is 2.48. The predicted molar refractivity (Wildman–Crippen MR) is 77.5 cm³/mol. The van der Waals surface area contributed by atoms with Gasteiger partial charge >= 0.3 is 0 Å². The zero-order valence-electron chi connectivity index (χ0n) is 12.5. The SMILES string of the molecule is O=C(CO)N1CCN(C(=O)C2CC2c2c(F)cccc2F)CC1. The largest absolute Gasteiger partial charge is 0.387 e. The van der Waals surface area contributed by atoms with Gasteiger partial charge in [-0.2, -0.15) is 0 Å². The first-order chi connectivity index (χ1) is 11.0. The summed E-state index contributed by atoms with van der Waals surface area (Å²) in [5.74, 6) is -2.47. The molecular formula is C16H18F2N2O3. The van der Waals surface area contributed by atoms with Gasteiger partial charge in [-0.25, -0.2) is 8.78 Å². The third-order valence-electron chi connectivity index (χ3n) is 4.56. The van der Waals surface area contributed by atoms with E-state index in [4.69, 9.17) is 5.11 Å². The molecule has 3 rings (SSSR count). The van der Waals surface area contributed by atoms with Crippen LogP contribution in [-0.2, 0) is 9.59 Å². The van der Waals surface area contributed by atoms with E-state index in [2.05, 4.69) is 0 Å². The number of halogens is 2. The summed E-state index contributed by atoms with van der Waals surface area (Å²) in [5.41, 5.74) is -0.0000516. The van der Waals surface area contributed by atoms with E-state index in [1.807, 2.05) is 0 Å². The maximum atomic E-state index is 13.8. The normalized spacial score (nSPS) is 23.8. The van der Waals surface area contributed by atoms with Crippen LogP contribution < -0.4 is 0 Å². The number of carbonyl (C=O) groups is 2. The minimum absolute atomic E-state index is 0.0000516. The Morgan fingerprint density at radius 2 is 1.65 bits per heavy atom. The number of hydrogen-bond donors (Lipinski definition) is 1. The first kappa shape index (κ1) is 15.9. The van der Waals surface area contributed by atoms with Gasteiger partial charge in [0.05, 0.1) is 0 Å². The molecule has 0 bridgehead atoms. The van der Waals surface area contributed by atoms with Gasteiger partial charge in [-0.05, 0) is 18.6 Å². The van der Waals surface area contributed by atoms with Gasteiger partial charge in [0, 0.05) is 43.6 Å². The van der Waals surface area contributed by atoms with Crippen LogP contribution in [0, 0.1) is 17.6 Å². The fourth-order valence-corrected chi connectivity index (χ4v) is 3.16. The quantitative estimate of drug-likeness (QED) is 0.892. The highest BCUT2D eigenvalue weighted by Crippen LogP contribution is 2.50. The van der Waals surface area contributed by atoms with Gasteiger partial charge in [0.15, 0.2) is 0 Å². The Kier molecular flexibility index (Phi) is 4.30. The molecule has 2 fully saturated rings. The Hall–Kier alpha value is -2.02. The summed E-state index contributed by atoms with van der Waals surface area (Å²) < 4.78 is 27.5. The topological polar surface area (TPSA) is 60.9 Å². The van der Waals surface area contributed by atoms with Crippen LogP contribution in [0.15, 0.2) is 18.2 Å². The molecule has 2 unspecified atom stereocenters. The van der Waals surface area contributed by atoms with E-state index in [1.54, 1.807) is 4.90 Å². The molecule has 1 N–H and O–H groups in total. The van der Waals surface area contributed by atoms with Gasteiger partial charge < -0.3 is 14.9 Å². The molecule has 7 heteroatoms. The second-order valence-corrected chi connectivity index (χ2v) is 5.95. The summed E-state index contributed by atoms with van der Waals surface area (Å²) in [6.07, 6.45) is 0.451. The standard InChI is InChI=1S/C16H18F2N2O3/c17-12-2-1-3-13(18)15(12)10-8-11(10)16(23)20-6-4-19(5-7-20)14(22)9-21/h1-3,10-11,21H,4-9H2. The Labute approximate surface area is 132 Å². The van der Waals surface area contributed by atoms with E-state index in [0.29, 0.717) is 32.6 Å². The van der Waals surface area contributed by atoms with Crippen molar-refractivity contribution in [1.29, 1.82) is 0 Å². The molecular weight excluding hydrogens is 306 g/mol. The average Bonchev–Trinajstić information content (AvgIpc) is 3.33. The van der Waals surface area contributed by atoms with Gasteiger partial charge in [-0.15, -0.1) is 0 Å². The van der Waals surface area contributed by atoms with Gasteiger partial charge in [0.2, 0.25) is 11.8 Å². The molecule has 5 nitrogen and oxygen atoms in total. The number of rotatable bonds is 3. The monoisotopic (exact) mass is 324 g/mol. The lowest BCUT2D eigenvalue weighted by Crippen LogP contribution is -2.51. The van der Waals surface area contributed by atoms with Crippen LogP contribution in [0.25, 0.3) is 0 Å². The molecule has 0 radical (unpaired) electrons. The first-order valence-corrected chi connectivity index (χ1v) is 7.64. The number of nitrogens with zero attached hydrogens (tertiary/aromatic N) is 2. The lowest BCUT2D eigenvalue weighted by Gasteiger charge is -2.34. The van der Waals surface area contributed by atoms with Crippen molar-refractivity contribution < 1.29 is 23.5 Å². The zero-order chi connectivity index (χ0) is 16.6. The van der Waals surface area contributed by atoms with Crippen molar-refractivity contribution in [2.24, 2.45) is 5.92 Å². The molecule has 0 spiro atoms. The fourth-order valence-electron chi connectivity index (χ4n) is 3.16. The molecule has 2 aliphatic rings. The van der Waals surface area contributed by atoms with Crippen LogP contribution in [0.4, 0.5) is 8.78 Å². The van der Waals surface area contributed by atoms with Crippen LogP contribution in [0.1, 0.15) is 17.9 Å². The Balaban J connectivity index is 1.60. The van der Waals surface area contributed by atoms with E-state index in [9.17, 15) is 18.4 Å². The molecule has 0 aromatic heterocycles. The molecule has 1 aliphatic carbocycles. The second kappa shape index (κ2) is 6.23. The summed E-state index contributed by atoms with van der Waals surface area (Å²) >= 11 is 0.